The second-order valence-corrected chi connectivity index (χ2v) is 7.81. The molecule has 0 aliphatic carbocycles. The van der Waals surface area contributed by atoms with Gasteiger partial charge in [0.15, 0.2) is 0 Å². The predicted molar refractivity (Wildman–Crippen MR) is 131 cm³/mol. The number of aryl methyl sites for hydroxylation is 2. The van der Waals surface area contributed by atoms with Crippen LogP contribution in [0.25, 0.3) is 11.8 Å². The smallest absolute Gasteiger partial charge is 0.338 e. The van der Waals surface area contributed by atoms with E-state index < -0.39 is 16.8 Å². The fourth-order valence-corrected chi connectivity index (χ4v) is 3.69. The Hall–Kier alpha value is -4.71. The number of amides is 1. The summed E-state index contributed by atoms with van der Waals surface area (Å²) in [5.74, 6) is -1.01. The molecule has 178 valence electrons. The molecule has 0 spiro atoms. The standard InChI is InChI=1S/C26H24N4O5/c1-5-35-26(32)19-6-8-22(9-7-19)29-17(3)13-20(18(29)4)14-21(15-27)25(31)28-24-11-10-23(30(33)34)12-16(24)2/h6-14H,5H2,1-4H3,(H,28,31)/b21-14-. The number of anilines is 1. The van der Waals surface area contributed by atoms with E-state index in [1.807, 2.05) is 30.6 Å². The average Bonchev–Trinajstić information content (AvgIpc) is 3.11. The molecule has 0 bridgehead atoms. The number of hydrogen-bond acceptors (Lipinski definition) is 6. The highest BCUT2D eigenvalue weighted by molar-refractivity contribution is 6.10. The fraction of sp³-hybridized carbons (Fsp3) is 0.192. The van der Waals surface area contributed by atoms with Gasteiger partial charge in [0, 0.05) is 34.9 Å². The summed E-state index contributed by atoms with van der Waals surface area (Å²) in [5.41, 5.74) is 4.33. The lowest BCUT2D eigenvalue weighted by molar-refractivity contribution is -0.384. The first-order chi connectivity index (χ1) is 16.7. The van der Waals surface area contributed by atoms with E-state index in [4.69, 9.17) is 4.74 Å². The zero-order chi connectivity index (χ0) is 25.7. The molecule has 0 saturated heterocycles. The SMILES string of the molecule is CCOC(=O)c1ccc(-n2c(C)cc(/C=C(/C#N)C(=O)Nc3ccc([N+](=O)[O-])cc3C)c2C)cc1. The van der Waals surface area contributed by atoms with Crippen molar-refractivity contribution in [1.82, 2.24) is 4.57 Å². The minimum absolute atomic E-state index is 0.0840. The Morgan fingerprint density at radius 2 is 1.83 bits per heavy atom. The molecule has 1 N–H and O–H groups in total. The zero-order valence-corrected chi connectivity index (χ0v) is 19.8. The molecule has 1 heterocycles. The third-order valence-corrected chi connectivity index (χ3v) is 5.44. The maximum atomic E-state index is 12.8. The summed E-state index contributed by atoms with van der Waals surface area (Å²) in [7, 11) is 0. The third kappa shape index (κ3) is 5.45. The van der Waals surface area contributed by atoms with Gasteiger partial charge in [-0.2, -0.15) is 5.26 Å². The van der Waals surface area contributed by atoms with E-state index in [2.05, 4.69) is 5.32 Å². The van der Waals surface area contributed by atoms with Crippen LogP contribution in [0.4, 0.5) is 11.4 Å². The van der Waals surface area contributed by atoms with Crippen molar-refractivity contribution in [3.63, 3.8) is 0 Å². The van der Waals surface area contributed by atoms with Crippen LogP contribution in [0, 0.1) is 42.2 Å². The van der Waals surface area contributed by atoms with Crippen molar-refractivity contribution in [3.8, 4) is 11.8 Å². The minimum Gasteiger partial charge on any atom is -0.462 e. The highest BCUT2D eigenvalue weighted by Crippen LogP contribution is 2.25. The van der Waals surface area contributed by atoms with Crippen molar-refractivity contribution < 1.29 is 19.2 Å². The Bertz CT molecular complexity index is 1380. The number of ether oxygens (including phenoxy) is 1. The van der Waals surface area contributed by atoms with Crippen molar-refractivity contribution >= 4 is 29.3 Å². The highest BCUT2D eigenvalue weighted by atomic mass is 16.6. The van der Waals surface area contributed by atoms with Crippen LogP contribution in [0.2, 0.25) is 0 Å². The molecule has 3 rings (SSSR count). The molecule has 0 fully saturated rings. The molecule has 2 aromatic carbocycles. The van der Waals surface area contributed by atoms with Crippen LogP contribution in [-0.2, 0) is 9.53 Å². The van der Waals surface area contributed by atoms with Crippen LogP contribution < -0.4 is 5.32 Å². The molecule has 9 nitrogen and oxygen atoms in total. The lowest BCUT2D eigenvalue weighted by Gasteiger charge is -2.11. The maximum absolute atomic E-state index is 12.8. The van der Waals surface area contributed by atoms with E-state index in [9.17, 15) is 25.0 Å². The van der Waals surface area contributed by atoms with E-state index >= 15 is 0 Å². The number of rotatable bonds is 7. The fourth-order valence-electron chi connectivity index (χ4n) is 3.69. The van der Waals surface area contributed by atoms with Crippen LogP contribution in [0.1, 0.15) is 39.8 Å². The van der Waals surface area contributed by atoms with Crippen molar-refractivity contribution in [1.29, 1.82) is 5.26 Å². The second-order valence-electron chi connectivity index (χ2n) is 7.81. The summed E-state index contributed by atoms with van der Waals surface area (Å²) in [4.78, 5) is 35.1. The number of nitriles is 1. The molecule has 0 aliphatic rings. The van der Waals surface area contributed by atoms with Crippen molar-refractivity contribution in [2.45, 2.75) is 27.7 Å². The van der Waals surface area contributed by atoms with Crippen molar-refractivity contribution in [2.24, 2.45) is 0 Å². The van der Waals surface area contributed by atoms with Crippen molar-refractivity contribution in [3.05, 3.63) is 92.3 Å². The van der Waals surface area contributed by atoms with Gasteiger partial charge in [0.25, 0.3) is 11.6 Å². The first-order valence-electron chi connectivity index (χ1n) is 10.8. The number of carbonyl (C=O) groups is 2. The molecule has 0 atom stereocenters. The van der Waals surface area contributed by atoms with Gasteiger partial charge in [-0.05, 0) is 81.3 Å². The number of hydrogen-bond donors (Lipinski definition) is 1. The zero-order valence-electron chi connectivity index (χ0n) is 19.8. The van der Waals surface area contributed by atoms with E-state index in [1.54, 1.807) is 38.1 Å². The number of carbonyl (C=O) groups excluding carboxylic acids is 2. The number of non-ortho nitro benzene ring substituents is 1. The molecule has 35 heavy (non-hydrogen) atoms. The number of benzene rings is 2. The molecule has 3 aromatic rings. The Kier molecular flexibility index (Phi) is 7.46. The van der Waals surface area contributed by atoms with Crippen LogP contribution >= 0.6 is 0 Å². The Balaban J connectivity index is 1.88. The van der Waals surface area contributed by atoms with E-state index in [0.717, 1.165) is 17.1 Å². The lowest BCUT2D eigenvalue weighted by atomic mass is 10.1. The number of nitro benzene ring substituents is 1. The van der Waals surface area contributed by atoms with Crippen LogP contribution in [0.15, 0.2) is 54.1 Å². The number of nitrogens with zero attached hydrogens (tertiary/aromatic N) is 3. The van der Waals surface area contributed by atoms with Gasteiger partial charge in [-0.15, -0.1) is 0 Å². The quantitative estimate of drug-likeness (QED) is 0.169. The Morgan fingerprint density at radius 1 is 1.14 bits per heavy atom. The van der Waals surface area contributed by atoms with Gasteiger partial charge >= 0.3 is 5.97 Å². The van der Waals surface area contributed by atoms with E-state index in [0.29, 0.717) is 29.0 Å². The molecule has 1 aromatic heterocycles. The second kappa shape index (κ2) is 10.5. The van der Waals surface area contributed by atoms with Gasteiger partial charge in [0.1, 0.15) is 11.6 Å². The van der Waals surface area contributed by atoms with Gasteiger partial charge in [0.2, 0.25) is 0 Å². The van der Waals surface area contributed by atoms with Crippen LogP contribution in [-0.4, -0.2) is 28.0 Å². The molecule has 0 saturated carbocycles. The van der Waals surface area contributed by atoms with Crippen LogP contribution in [0.3, 0.4) is 0 Å². The molecule has 0 radical (unpaired) electrons. The van der Waals surface area contributed by atoms with Gasteiger partial charge < -0.3 is 14.6 Å². The summed E-state index contributed by atoms with van der Waals surface area (Å²) in [6.45, 7) is 7.45. The summed E-state index contributed by atoms with van der Waals surface area (Å²) >= 11 is 0. The largest absolute Gasteiger partial charge is 0.462 e. The topological polar surface area (TPSA) is 127 Å². The van der Waals surface area contributed by atoms with Gasteiger partial charge in [-0.25, -0.2) is 4.79 Å². The molecular weight excluding hydrogens is 448 g/mol. The molecule has 0 aliphatic heterocycles. The number of esters is 1. The number of nitro groups is 1. The third-order valence-electron chi connectivity index (χ3n) is 5.44. The number of aromatic nitrogens is 1. The van der Waals surface area contributed by atoms with Gasteiger partial charge in [-0.1, -0.05) is 0 Å². The molecule has 9 heteroatoms. The predicted octanol–water partition coefficient (Wildman–Crippen LogP) is 5.03. The monoisotopic (exact) mass is 472 g/mol. The summed E-state index contributed by atoms with van der Waals surface area (Å²) < 4.78 is 6.97. The van der Waals surface area contributed by atoms with E-state index in [-0.39, 0.29) is 11.3 Å². The first-order valence-corrected chi connectivity index (χ1v) is 10.8. The van der Waals surface area contributed by atoms with Crippen molar-refractivity contribution in [2.75, 3.05) is 11.9 Å². The molecular formula is C26H24N4O5. The first kappa shape index (κ1) is 24.9. The molecule has 1 amide bonds. The minimum atomic E-state index is -0.618. The lowest BCUT2D eigenvalue weighted by Crippen LogP contribution is -2.14. The summed E-state index contributed by atoms with van der Waals surface area (Å²) in [5, 5.41) is 23.2. The normalized spacial score (nSPS) is 11.0. The summed E-state index contributed by atoms with van der Waals surface area (Å²) in [6, 6.07) is 14.8. The van der Waals surface area contributed by atoms with Gasteiger partial charge in [0.05, 0.1) is 17.1 Å². The van der Waals surface area contributed by atoms with Crippen LogP contribution in [0.5, 0.6) is 0 Å². The summed E-state index contributed by atoms with van der Waals surface area (Å²) in [6.07, 6.45) is 1.50. The average molecular weight is 473 g/mol. The highest BCUT2D eigenvalue weighted by Gasteiger charge is 2.16. The maximum Gasteiger partial charge on any atom is 0.338 e. The number of nitrogens with one attached hydrogen (secondary N) is 1. The van der Waals surface area contributed by atoms with E-state index in [1.165, 1.54) is 24.3 Å². The Labute approximate surface area is 202 Å². The Morgan fingerprint density at radius 3 is 2.40 bits per heavy atom. The van der Waals surface area contributed by atoms with Gasteiger partial charge in [-0.3, -0.25) is 14.9 Å². The molecule has 0 unspecified atom stereocenters.